The average Bonchev–Trinajstić information content (AvgIpc) is 2.84. The van der Waals surface area contributed by atoms with Crippen LogP contribution in [-0.2, 0) is 5.75 Å². The zero-order chi connectivity index (χ0) is 21.6. The van der Waals surface area contributed by atoms with Crippen molar-refractivity contribution in [3.8, 4) is 11.3 Å². The second-order valence-corrected chi connectivity index (χ2v) is 9.12. The van der Waals surface area contributed by atoms with E-state index in [9.17, 15) is 0 Å². The highest BCUT2D eigenvalue weighted by atomic mass is 32.2. The Morgan fingerprint density at radius 1 is 0.903 bits per heavy atom. The summed E-state index contributed by atoms with van der Waals surface area (Å²) in [6, 6.07) is 19.9. The van der Waals surface area contributed by atoms with Crippen LogP contribution in [0.2, 0.25) is 0 Å². The van der Waals surface area contributed by atoms with Gasteiger partial charge < -0.3 is 9.80 Å². The summed E-state index contributed by atoms with van der Waals surface area (Å²) in [5, 5.41) is 2.52. The highest BCUT2D eigenvalue weighted by molar-refractivity contribution is 7.96. The molecule has 0 unspecified atom stereocenters. The number of piperazine rings is 1. The molecule has 1 aliphatic rings. The molecule has 0 saturated carbocycles. The summed E-state index contributed by atoms with van der Waals surface area (Å²) in [7, 11) is 0. The fraction of sp³-hybridized carbons (Fsp3) is 0.423. The van der Waals surface area contributed by atoms with Crippen LogP contribution in [0.5, 0.6) is 0 Å². The zero-order valence-corrected chi connectivity index (χ0v) is 19.9. The molecule has 0 aliphatic carbocycles. The minimum Gasteiger partial charge on any atom is -0.354 e. The number of pyridine rings is 1. The van der Waals surface area contributed by atoms with Crippen LogP contribution in [0, 0.1) is 0 Å². The van der Waals surface area contributed by atoms with Gasteiger partial charge >= 0.3 is 0 Å². The molecule has 31 heavy (non-hydrogen) atoms. The Bertz CT molecular complexity index is 976. The molecule has 5 heteroatoms. The summed E-state index contributed by atoms with van der Waals surface area (Å²) in [6.45, 7) is 14.2. The van der Waals surface area contributed by atoms with Crippen LogP contribution >= 0.6 is 11.9 Å². The maximum absolute atomic E-state index is 5.17. The van der Waals surface area contributed by atoms with Crippen LogP contribution in [-0.4, -0.2) is 60.0 Å². The highest BCUT2D eigenvalue weighted by Gasteiger charge is 2.19. The highest BCUT2D eigenvalue weighted by Crippen LogP contribution is 2.31. The van der Waals surface area contributed by atoms with Gasteiger partial charge in [0, 0.05) is 56.0 Å². The fourth-order valence-electron chi connectivity index (χ4n) is 4.19. The van der Waals surface area contributed by atoms with E-state index in [0.29, 0.717) is 0 Å². The van der Waals surface area contributed by atoms with Crippen molar-refractivity contribution in [3.63, 3.8) is 0 Å². The van der Waals surface area contributed by atoms with Crippen molar-refractivity contribution < 1.29 is 0 Å². The van der Waals surface area contributed by atoms with Crippen molar-refractivity contribution in [2.24, 2.45) is 0 Å². The lowest BCUT2D eigenvalue weighted by Crippen LogP contribution is -2.46. The van der Waals surface area contributed by atoms with Gasteiger partial charge in [-0.15, -0.1) is 0 Å². The number of aromatic nitrogens is 1. The third kappa shape index (κ3) is 5.22. The SMILES string of the molecule is CCN1CCN(c2nc(-c3ccc(CSN(CC)CC)cc3)cc3ccccc23)CC1. The number of nitrogens with zero attached hydrogens (tertiary/aromatic N) is 4. The maximum Gasteiger partial charge on any atom is 0.137 e. The standard InChI is InChI=1S/C26H34N4S/c1-4-28-15-17-29(18-16-28)26-24-10-8-7-9-23(24)19-25(27-26)22-13-11-21(12-14-22)20-31-30(5-2)6-3/h7-14,19H,4-6,15-18,20H2,1-3H3. The molecule has 0 bridgehead atoms. The summed E-state index contributed by atoms with van der Waals surface area (Å²) in [4.78, 5) is 10.1. The zero-order valence-electron chi connectivity index (χ0n) is 19.1. The second kappa shape index (κ2) is 10.5. The van der Waals surface area contributed by atoms with Gasteiger partial charge in [-0.3, -0.25) is 4.31 Å². The summed E-state index contributed by atoms with van der Waals surface area (Å²) < 4.78 is 2.39. The molecule has 0 atom stereocenters. The molecular weight excluding hydrogens is 400 g/mol. The van der Waals surface area contributed by atoms with E-state index in [-0.39, 0.29) is 0 Å². The monoisotopic (exact) mass is 434 g/mol. The number of hydrogen-bond donors (Lipinski definition) is 0. The Morgan fingerprint density at radius 2 is 1.61 bits per heavy atom. The lowest BCUT2D eigenvalue weighted by atomic mass is 10.0. The van der Waals surface area contributed by atoms with Gasteiger partial charge in [0.1, 0.15) is 5.82 Å². The van der Waals surface area contributed by atoms with Crippen LogP contribution in [0.25, 0.3) is 22.0 Å². The molecule has 0 N–H and O–H groups in total. The van der Waals surface area contributed by atoms with E-state index in [1.165, 1.54) is 21.9 Å². The summed E-state index contributed by atoms with van der Waals surface area (Å²) in [5.74, 6) is 2.14. The second-order valence-electron chi connectivity index (χ2n) is 8.06. The Balaban J connectivity index is 1.59. The summed E-state index contributed by atoms with van der Waals surface area (Å²) in [6.07, 6.45) is 0. The maximum atomic E-state index is 5.17. The minimum atomic E-state index is 1.01. The Labute approximate surface area is 191 Å². The predicted octanol–water partition coefficient (Wildman–Crippen LogP) is 5.53. The molecule has 1 aliphatic heterocycles. The van der Waals surface area contributed by atoms with Gasteiger partial charge in [0.15, 0.2) is 0 Å². The van der Waals surface area contributed by atoms with Gasteiger partial charge in [0.25, 0.3) is 0 Å². The molecular formula is C26H34N4S. The average molecular weight is 435 g/mol. The number of benzene rings is 2. The lowest BCUT2D eigenvalue weighted by molar-refractivity contribution is 0.271. The molecule has 4 nitrogen and oxygen atoms in total. The largest absolute Gasteiger partial charge is 0.354 e. The molecule has 1 fully saturated rings. The first-order valence-electron chi connectivity index (χ1n) is 11.6. The molecule has 0 spiro atoms. The van der Waals surface area contributed by atoms with Crippen LogP contribution < -0.4 is 4.90 Å². The summed E-state index contributed by atoms with van der Waals surface area (Å²) >= 11 is 1.91. The van der Waals surface area contributed by atoms with E-state index in [1.54, 1.807) is 0 Å². The van der Waals surface area contributed by atoms with Crippen molar-refractivity contribution in [2.45, 2.75) is 26.5 Å². The van der Waals surface area contributed by atoms with E-state index < -0.39 is 0 Å². The van der Waals surface area contributed by atoms with Crippen LogP contribution in [0.1, 0.15) is 26.3 Å². The van der Waals surface area contributed by atoms with Crippen molar-refractivity contribution in [2.75, 3.05) is 50.7 Å². The van der Waals surface area contributed by atoms with Crippen LogP contribution in [0.3, 0.4) is 0 Å². The van der Waals surface area contributed by atoms with Gasteiger partial charge in [0.05, 0.1) is 5.69 Å². The molecule has 0 amide bonds. The first-order chi connectivity index (χ1) is 15.2. The number of likely N-dealkylation sites (N-methyl/N-ethyl adjacent to an activating group) is 1. The van der Waals surface area contributed by atoms with Crippen molar-refractivity contribution in [1.82, 2.24) is 14.2 Å². The Kier molecular flexibility index (Phi) is 7.49. The van der Waals surface area contributed by atoms with Gasteiger partial charge in [-0.25, -0.2) is 4.98 Å². The molecule has 3 aromatic rings. The van der Waals surface area contributed by atoms with Gasteiger partial charge in [0.2, 0.25) is 0 Å². The molecule has 164 valence electrons. The van der Waals surface area contributed by atoms with Gasteiger partial charge in [-0.05, 0) is 23.6 Å². The number of anilines is 1. The third-order valence-corrected chi connectivity index (χ3v) is 7.55. The smallest absolute Gasteiger partial charge is 0.137 e. The van der Waals surface area contributed by atoms with Crippen molar-refractivity contribution in [3.05, 3.63) is 60.2 Å². The van der Waals surface area contributed by atoms with E-state index in [4.69, 9.17) is 4.98 Å². The van der Waals surface area contributed by atoms with E-state index >= 15 is 0 Å². The number of hydrogen-bond acceptors (Lipinski definition) is 5. The molecule has 1 aromatic heterocycles. The molecule has 0 radical (unpaired) electrons. The lowest BCUT2D eigenvalue weighted by Gasteiger charge is -2.35. The number of rotatable bonds is 8. The van der Waals surface area contributed by atoms with Crippen LogP contribution in [0.15, 0.2) is 54.6 Å². The van der Waals surface area contributed by atoms with Crippen LogP contribution in [0.4, 0.5) is 5.82 Å². The van der Waals surface area contributed by atoms with E-state index in [1.807, 2.05) is 11.9 Å². The van der Waals surface area contributed by atoms with E-state index in [0.717, 1.165) is 63.1 Å². The third-order valence-electron chi connectivity index (χ3n) is 6.21. The molecule has 2 heterocycles. The van der Waals surface area contributed by atoms with E-state index in [2.05, 4.69) is 89.5 Å². The fourth-order valence-corrected chi connectivity index (χ4v) is 5.08. The molecule has 1 saturated heterocycles. The minimum absolute atomic E-state index is 1.01. The first-order valence-corrected chi connectivity index (χ1v) is 12.5. The molecule has 2 aromatic carbocycles. The first kappa shape index (κ1) is 22.1. The molecule has 4 rings (SSSR count). The normalized spacial score (nSPS) is 15.2. The Morgan fingerprint density at radius 3 is 2.29 bits per heavy atom. The Hall–Kier alpha value is -2.08. The summed E-state index contributed by atoms with van der Waals surface area (Å²) in [5.41, 5.74) is 3.61. The quantitative estimate of drug-likeness (QED) is 0.433. The van der Waals surface area contributed by atoms with Gasteiger partial charge in [-0.2, -0.15) is 0 Å². The predicted molar refractivity (Wildman–Crippen MR) is 136 cm³/mol. The van der Waals surface area contributed by atoms with Crippen molar-refractivity contribution in [1.29, 1.82) is 0 Å². The topological polar surface area (TPSA) is 22.6 Å². The van der Waals surface area contributed by atoms with Gasteiger partial charge in [-0.1, -0.05) is 81.3 Å². The number of fused-ring (bicyclic) bond motifs is 1. The van der Waals surface area contributed by atoms with Crippen molar-refractivity contribution >= 4 is 28.5 Å².